The van der Waals surface area contributed by atoms with Crippen LogP contribution in [0.3, 0.4) is 0 Å². The summed E-state index contributed by atoms with van der Waals surface area (Å²) in [6.45, 7) is 0. The van der Waals surface area contributed by atoms with Crippen molar-refractivity contribution in [2.24, 2.45) is 0 Å². The van der Waals surface area contributed by atoms with Crippen molar-refractivity contribution in [3.8, 4) is 51.3 Å². The number of rotatable bonds is 5. The first kappa shape index (κ1) is 28.9. The second kappa shape index (κ2) is 11.8. The van der Waals surface area contributed by atoms with Crippen LogP contribution in [-0.2, 0) is 0 Å². The number of anilines is 3. The molecule has 0 aliphatic carbocycles. The van der Waals surface area contributed by atoms with Crippen molar-refractivity contribution in [1.82, 2.24) is 19.5 Å². The molecule has 51 heavy (non-hydrogen) atoms. The Bertz CT molecular complexity index is 2650. The van der Waals surface area contributed by atoms with E-state index in [4.69, 9.17) is 19.7 Å². The highest BCUT2D eigenvalue weighted by atomic mass is 16.5. The maximum atomic E-state index is 6.63. The fraction of sp³-hybridized carbons (Fsp3) is 0. The van der Waals surface area contributed by atoms with Gasteiger partial charge in [0.15, 0.2) is 29.0 Å². The Hall–Kier alpha value is -7.05. The first-order valence-corrected chi connectivity index (χ1v) is 17.0. The Morgan fingerprint density at radius 2 is 0.941 bits per heavy atom. The summed E-state index contributed by atoms with van der Waals surface area (Å²) in [4.78, 5) is 17.1. The molecule has 9 aromatic rings. The molecule has 0 saturated carbocycles. The molecule has 0 radical (unpaired) electrons. The summed E-state index contributed by atoms with van der Waals surface area (Å²) >= 11 is 0. The molecule has 0 amide bonds. The molecular weight excluding hydrogens is 627 g/mol. The highest BCUT2D eigenvalue weighted by Gasteiger charge is 2.30. The molecule has 0 N–H and O–H groups in total. The molecule has 10 rings (SSSR count). The van der Waals surface area contributed by atoms with Crippen LogP contribution in [0.1, 0.15) is 0 Å². The van der Waals surface area contributed by atoms with E-state index in [0.29, 0.717) is 17.5 Å². The Labute approximate surface area is 294 Å². The maximum Gasteiger partial charge on any atom is 0.164 e. The van der Waals surface area contributed by atoms with Crippen LogP contribution in [0, 0.1) is 0 Å². The number of fused-ring (bicyclic) bond motifs is 6. The van der Waals surface area contributed by atoms with Crippen LogP contribution < -0.4 is 9.64 Å². The van der Waals surface area contributed by atoms with E-state index in [-0.39, 0.29) is 0 Å². The van der Waals surface area contributed by atoms with Crippen molar-refractivity contribution >= 4 is 38.9 Å². The first-order valence-electron chi connectivity index (χ1n) is 17.0. The summed E-state index contributed by atoms with van der Waals surface area (Å²) in [5.41, 5.74) is 9.11. The number of aromatic nitrogens is 4. The third kappa shape index (κ3) is 4.84. The minimum absolute atomic E-state index is 0.616. The number of hydrogen-bond acceptors (Lipinski definition) is 5. The molecule has 1 aliphatic heterocycles. The fourth-order valence-electron chi connectivity index (χ4n) is 7.12. The Morgan fingerprint density at radius 1 is 0.392 bits per heavy atom. The summed E-state index contributed by atoms with van der Waals surface area (Å²) in [6, 6.07) is 60.2. The van der Waals surface area contributed by atoms with Crippen LogP contribution in [0.15, 0.2) is 176 Å². The van der Waals surface area contributed by atoms with Crippen molar-refractivity contribution < 1.29 is 4.74 Å². The van der Waals surface area contributed by atoms with Gasteiger partial charge in [-0.15, -0.1) is 0 Å². The number of hydrogen-bond donors (Lipinski definition) is 0. The van der Waals surface area contributed by atoms with Gasteiger partial charge in [0.1, 0.15) is 0 Å². The molecule has 0 bridgehead atoms. The molecule has 0 fully saturated rings. The predicted octanol–water partition coefficient (Wildman–Crippen LogP) is 11.5. The molecule has 3 heterocycles. The summed E-state index contributed by atoms with van der Waals surface area (Å²) < 4.78 is 8.96. The molecule has 0 unspecified atom stereocenters. The largest absolute Gasteiger partial charge is 0.453 e. The van der Waals surface area contributed by atoms with Crippen molar-refractivity contribution in [2.75, 3.05) is 4.90 Å². The SMILES string of the molecule is c1ccc(-c2nc(-c3ccccc3)nc(-c3ccc(N4c5ccccc5Oc5ccc6c(c54)c4ccccc4n6-c4ccccc4)cc3)n2)cc1. The highest BCUT2D eigenvalue weighted by Crippen LogP contribution is 2.55. The summed E-state index contributed by atoms with van der Waals surface area (Å²) in [6.07, 6.45) is 0. The van der Waals surface area contributed by atoms with E-state index in [1.54, 1.807) is 0 Å². The predicted molar refractivity (Wildman–Crippen MR) is 205 cm³/mol. The molecule has 6 nitrogen and oxygen atoms in total. The van der Waals surface area contributed by atoms with Gasteiger partial charge in [-0.3, -0.25) is 0 Å². The summed E-state index contributed by atoms with van der Waals surface area (Å²) in [7, 11) is 0. The lowest BCUT2D eigenvalue weighted by Gasteiger charge is -2.33. The van der Waals surface area contributed by atoms with E-state index in [9.17, 15) is 0 Å². The van der Waals surface area contributed by atoms with Gasteiger partial charge in [-0.25, -0.2) is 15.0 Å². The Balaban J connectivity index is 1.16. The maximum absolute atomic E-state index is 6.63. The first-order chi connectivity index (χ1) is 25.3. The van der Waals surface area contributed by atoms with Gasteiger partial charge in [0.2, 0.25) is 0 Å². The molecule has 1 aliphatic rings. The zero-order valence-corrected chi connectivity index (χ0v) is 27.4. The lowest BCUT2D eigenvalue weighted by Crippen LogP contribution is -2.16. The average molecular weight is 656 g/mol. The van der Waals surface area contributed by atoms with Gasteiger partial charge >= 0.3 is 0 Å². The fourth-order valence-corrected chi connectivity index (χ4v) is 7.12. The molecule has 0 atom stereocenters. The lowest BCUT2D eigenvalue weighted by molar-refractivity contribution is 0.478. The lowest BCUT2D eigenvalue weighted by atomic mass is 10.0. The van der Waals surface area contributed by atoms with Crippen LogP contribution in [0.25, 0.3) is 61.7 Å². The van der Waals surface area contributed by atoms with Gasteiger partial charge in [-0.2, -0.15) is 0 Å². The van der Waals surface area contributed by atoms with Crippen LogP contribution in [0.5, 0.6) is 11.5 Å². The van der Waals surface area contributed by atoms with E-state index in [1.807, 2.05) is 72.8 Å². The zero-order valence-electron chi connectivity index (χ0n) is 27.4. The molecule has 6 heteroatoms. The smallest absolute Gasteiger partial charge is 0.164 e. The summed E-state index contributed by atoms with van der Waals surface area (Å²) in [5.74, 6) is 3.50. The monoisotopic (exact) mass is 655 g/mol. The minimum Gasteiger partial charge on any atom is -0.453 e. The number of ether oxygens (including phenoxy) is 1. The van der Waals surface area contributed by atoms with Gasteiger partial charge in [0.25, 0.3) is 0 Å². The van der Waals surface area contributed by atoms with Crippen molar-refractivity contribution in [3.05, 3.63) is 176 Å². The van der Waals surface area contributed by atoms with E-state index >= 15 is 0 Å². The third-order valence-electron chi connectivity index (χ3n) is 9.42. The number of benzene rings is 7. The van der Waals surface area contributed by atoms with Crippen LogP contribution in [-0.4, -0.2) is 19.5 Å². The second-order valence-corrected chi connectivity index (χ2v) is 12.5. The molecule has 0 saturated heterocycles. The van der Waals surface area contributed by atoms with E-state index < -0.39 is 0 Å². The van der Waals surface area contributed by atoms with E-state index in [2.05, 4.69) is 113 Å². The second-order valence-electron chi connectivity index (χ2n) is 12.5. The number of para-hydroxylation sites is 4. The van der Waals surface area contributed by atoms with Crippen LogP contribution in [0.4, 0.5) is 17.1 Å². The van der Waals surface area contributed by atoms with Crippen LogP contribution >= 0.6 is 0 Å². The van der Waals surface area contributed by atoms with E-state index in [0.717, 1.165) is 72.7 Å². The zero-order chi connectivity index (χ0) is 33.7. The highest BCUT2D eigenvalue weighted by molar-refractivity contribution is 6.18. The Kier molecular flexibility index (Phi) is 6.70. The van der Waals surface area contributed by atoms with Crippen molar-refractivity contribution in [3.63, 3.8) is 0 Å². The quantitative estimate of drug-likeness (QED) is 0.185. The van der Waals surface area contributed by atoms with Gasteiger partial charge in [-0.1, -0.05) is 109 Å². The normalized spacial score (nSPS) is 12.0. The van der Waals surface area contributed by atoms with Gasteiger partial charge in [-0.05, 0) is 66.7 Å². The molecule has 240 valence electrons. The molecule has 7 aromatic carbocycles. The molecule has 2 aromatic heterocycles. The molecular formula is C45H29N5O. The van der Waals surface area contributed by atoms with Gasteiger partial charge in [0, 0.05) is 38.8 Å². The summed E-state index contributed by atoms with van der Waals surface area (Å²) in [5, 5.41) is 2.29. The topological polar surface area (TPSA) is 56.1 Å². The molecule has 0 spiro atoms. The number of nitrogens with zero attached hydrogens (tertiary/aromatic N) is 5. The Morgan fingerprint density at radius 3 is 1.61 bits per heavy atom. The average Bonchev–Trinajstić information content (AvgIpc) is 3.55. The van der Waals surface area contributed by atoms with Crippen LogP contribution in [0.2, 0.25) is 0 Å². The van der Waals surface area contributed by atoms with Crippen molar-refractivity contribution in [1.29, 1.82) is 0 Å². The van der Waals surface area contributed by atoms with Gasteiger partial charge < -0.3 is 14.2 Å². The van der Waals surface area contributed by atoms with Gasteiger partial charge in [0.05, 0.1) is 22.4 Å². The minimum atomic E-state index is 0.616. The third-order valence-corrected chi connectivity index (χ3v) is 9.42. The van der Waals surface area contributed by atoms with Crippen molar-refractivity contribution in [2.45, 2.75) is 0 Å². The van der Waals surface area contributed by atoms with E-state index in [1.165, 1.54) is 0 Å². The standard InChI is InChI=1S/C45H29N5O/c1-4-14-30(15-5-1)43-46-44(31-16-6-2-7-17-31)48-45(47-43)32-24-26-34(27-25-32)50-37-22-12-13-23-39(37)51-40-29-28-38-41(42(40)50)35-20-10-11-21-36(35)49(38)33-18-8-3-9-19-33/h1-29H.